The molecule has 2 aliphatic heterocycles. The van der Waals surface area contributed by atoms with Gasteiger partial charge in [0.25, 0.3) is 11.8 Å². The number of allylic oxidation sites excluding steroid dienone is 1. The van der Waals surface area contributed by atoms with Crippen molar-refractivity contribution in [3.05, 3.63) is 74.2 Å². The summed E-state index contributed by atoms with van der Waals surface area (Å²) in [4.78, 5) is 39.6. The zero-order valence-electron chi connectivity index (χ0n) is 17.0. The molecule has 2 aromatic rings. The maximum absolute atomic E-state index is 14.0. The number of fused-ring (bicyclic) bond motifs is 4. The van der Waals surface area contributed by atoms with E-state index in [-0.39, 0.29) is 17.3 Å². The predicted octanol–water partition coefficient (Wildman–Crippen LogP) is 2.42. The molecule has 3 heterocycles. The molecule has 2 aliphatic rings. The van der Waals surface area contributed by atoms with Crippen LogP contribution in [0, 0.1) is 18.6 Å². The van der Waals surface area contributed by atoms with Gasteiger partial charge in [-0.1, -0.05) is 11.6 Å². The van der Waals surface area contributed by atoms with Gasteiger partial charge in [-0.25, -0.2) is 8.78 Å². The fraction of sp³-hybridized carbons (Fsp3) is 0.318. The average molecular weight is 429 g/mol. The highest BCUT2D eigenvalue weighted by atomic mass is 19.1. The largest absolute Gasteiger partial charge is 0.503 e. The van der Waals surface area contributed by atoms with E-state index in [1.165, 1.54) is 17.7 Å². The van der Waals surface area contributed by atoms with Crippen molar-refractivity contribution in [1.82, 2.24) is 14.8 Å². The van der Waals surface area contributed by atoms with Gasteiger partial charge in [-0.3, -0.25) is 14.4 Å². The number of aryl methyl sites for hydroxylation is 1. The molecule has 1 aromatic carbocycles. The number of rotatable bonds is 3. The molecule has 4 rings (SSSR count). The highest BCUT2D eigenvalue weighted by molar-refractivity contribution is 5.99. The molecule has 0 saturated carbocycles. The summed E-state index contributed by atoms with van der Waals surface area (Å²) in [5.74, 6) is -3.82. The lowest BCUT2D eigenvalue weighted by Gasteiger charge is -2.34. The van der Waals surface area contributed by atoms with Crippen molar-refractivity contribution in [2.45, 2.75) is 32.9 Å². The molecule has 1 atom stereocenters. The minimum absolute atomic E-state index is 0.156. The second-order valence-corrected chi connectivity index (χ2v) is 7.99. The first-order chi connectivity index (χ1) is 14.7. The van der Waals surface area contributed by atoms with Crippen LogP contribution in [0.25, 0.3) is 0 Å². The van der Waals surface area contributed by atoms with E-state index < -0.39 is 46.7 Å². The van der Waals surface area contributed by atoms with Gasteiger partial charge in [0.15, 0.2) is 11.4 Å². The first-order valence-electron chi connectivity index (χ1n) is 9.83. The fourth-order valence-corrected chi connectivity index (χ4v) is 4.05. The topological polar surface area (TPSA) is 91.6 Å². The van der Waals surface area contributed by atoms with Crippen molar-refractivity contribution in [3.63, 3.8) is 0 Å². The summed E-state index contributed by atoms with van der Waals surface area (Å²) in [5, 5.41) is 12.8. The number of pyridine rings is 1. The number of halogens is 2. The third kappa shape index (κ3) is 3.60. The minimum Gasteiger partial charge on any atom is -0.503 e. The minimum atomic E-state index is -1.01. The highest BCUT2D eigenvalue weighted by Crippen LogP contribution is 2.31. The predicted molar refractivity (Wildman–Crippen MR) is 108 cm³/mol. The Morgan fingerprint density at radius 3 is 2.58 bits per heavy atom. The van der Waals surface area contributed by atoms with Gasteiger partial charge in [0.1, 0.15) is 17.2 Å². The van der Waals surface area contributed by atoms with Crippen LogP contribution >= 0.6 is 0 Å². The molecule has 0 spiro atoms. The number of hydrogen-bond donors (Lipinski definition) is 2. The van der Waals surface area contributed by atoms with Gasteiger partial charge in [-0.05, 0) is 38.0 Å². The fourth-order valence-electron chi connectivity index (χ4n) is 4.05. The molecular formula is C22H21F2N3O4. The maximum atomic E-state index is 14.0. The molecule has 0 aliphatic carbocycles. The van der Waals surface area contributed by atoms with Crippen LogP contribution in [-0.2, 0) is 6.54 Å². The van der Waals surface area contributed by atoms with Gasteiger partial charge in [-0.2, -0.15) is 0 Å². The third-order valence-corrected chi connectivity index (χ3v) is 5.66. The highest BCUT2D eigenvalue weighted by Gasteiger charge is 2.36. The first kappa shape index (κ1) is 20.8. The van der Waals surface area contributed by atoms with Crippen molar-refractivity contribution in [3.8, 4) is 5.75 Å². The molecule has 1 aromatic heterocycles. The van der Waals surface area contributed by atoms with Gasteiger partial charge < -0.3 is 19.9 Å². The number of aromatic nitrogens is 1. The Bertz CT molecular complexity index is 1180. The smallest absolute Gasteiger partial charge is 0.274 e. The second kappa shape index (κ2) is 7.64. The summed E-state index contributed by atoms with van der Waals surface area (Å²) >= 11 is 0. The van der Waals surface area contributed by atoms with Gasteiger partial charge in [0.2, 0.25) is 5.43 Å². The molecule has 162 valence electrons. The van der Waals surface area contributed by atoms with Crippen LogP contribution in [-0.4, -0.2) is 39.5 Å². The lowest BCUT2D eigenvalue weighted by molar-refractivity contribution is 0.0684. The SMILES string of the molecule is CC1=CC[C@H]2CN(C1)C(=O)c1c(O)c(=O)c(C(=O)NCc3c(F)cc(C)cc3F)cn12. The van der Waals surface area contributed by atoms with Crippen molar-refractivity contribution in [2.24, 2.45) is 0 Å². The summed E-state index contributed by atoms with van der Waals surface area (Å²) in [5.41, 5.74) is -0.514. The normalized spacial score (nSPS) is 17.7. The molecule has 0 radical (unpaired) electrons. The van der Waals surface area contributed by atoms with Crippen LogP contribution < -0.4 is 10.7 Å². The Hall–Kier alpha value is -3.49. The van der Waals surface area contributed by atoms with Crippen molar-refractivity contribution in [1.29, 1.82) is 0 Å². The van der Waals surface area contributed by atoms with Crippen LogP contribution in [0.2, 0.25) is 0 Å². The summed E-state index contributed by atoms with van der Waals surface area (Å²) in [6.45, 7) is 3.74. The number of carbonyl (C=O) groups excluding carboxylic acids is 2. The number of benzene rings is 1. The summed E-state index contributed by atoms with van der Waals surface area (Å²) < 4.78 is 29.5. The molecule has 0 saturated heterocycles. The molecule has 0 fully saturated rings. The Morgan fingerprint density at radius 1 is 1.23 bits per heavy atom. The quantitative estimate of drug-likeness (QED) is 0.733. The molecular weight excluding hydrogens is 408 g/mol. The maximum Gasteiger partial charge on any atom is 0.274 e. The Morgan fingerprint density at radius 2 is 1.90 bits per heavy atom. The summed E-state index contributed by atoms with van der Waals surface area (Å²) in [6.07, 6.45) is 3.78. The Balaban J connectivity index is 1.68. The monoisotopic (exact) mass is 429 g/mol. The van der Waals surface area contributed by atoms with Gasteiger partial charge >= 0.3 is 0 Å². The van der Waals surface area contributed by atoms with Crippen LogP contribution in [0.3, 0.4) is 0 Å². The number of nitrogens with one attached hydrogen (secondary N) is 1. The van der Waals surface area contributed by atoms with Crippen molar-refractivity contribution in [2.75, 3.05) is 13.1 Å². The lowest BCUT2D eigenvalue weighted by Crippen LogP contribution is -2.44. The van der Waals surface area contributed by atoms with E-state index in [1.54, 1.807) is 4.90 Å². The zero-order valence-corrected chi connectivity index (χ0v) is 17.0. The number of hydrogen-bond acceptors (Lipinski definition) is 4. The second-order valence-electron chi connectivity index (χ2n) is 7.99. The summed E-state index contributed by atoms with van der Waals surface area (Å²) in [6, 6.07) is 2.03. The molecule has 7 nitrogen and oxygen atoms in total. The first-order valence-corrected chi connectivity index (χ1v) is 9.83. The van der Waals surface area contributed by atoms with Crippen molar-refractivity contribution < 1.29 is 23.5 Å². The van der Waals surface area contributed by atoms with Crippen LogP contribution in [0.15, 0.2) is 34.8 Å². The third-order valence-electron chi connectivity index (χ3n) is 5.66. The van der Waals surface area contributed by atoms with E-state index in [0.717, 1.165) is 17.7 Å². The van der Waals surface area contributed by atoms with E-state index >= 15 is 0 Å². The lowest BCUT2D eigenvalue weighted by atomic mass is 10.1. The van der Waals surface area contributed by atoms with Crippen molar-refractivity contribution >= 4 is 11.8 Å². The van der Waals surface area contributed by atoms with E-state index in [2.05, 4.69) is 5.32 Å². The summed E-state index contributed by atoms with van der Waals surface area (Å²) in [7, 11) is 0. The van der Waals surface area contributed by atoms with Gasteiger partial charge in [0.05, 0.1) is 6.04 Å². The molecule has 0 unspecified atom stereocenters. The van der Waals surface area contributed by atoms with E-state index in [9.17, 15) is 28.3 Å². The van der Waals surface area contributed by atoms with E-state index in [0.29, 0.717) is 25.1 Å². The number of aromatic hydroxyl groups is 1. The van der Waals surface area contributed by atoms with Crippen LogP contribution in [0.1, 0.15) is 51.4 Å². The average Bonchev–Trinajstić information content (AvgIpc) is 2.87. The molecule has 2 amide bonds. The molecule has 2 N–H and O–H groups in total. The number of amides is 2. The number of nitrogens with zero attached hydrogens (tertiary/aromatic N) is 2. The van der Waals surface area contributed by atoms with E-state index in [1.807, 2.05) is 13.0 Å². The zero-order chi connectivity index (χ0) is 22.4. The van der Waals surface area contributed by atoms with Gasteiger partial charge in [-0.15, -0.1) is 0 Å². The molecule has 9 heteroatoms. The molecule has 2 bridgehead atoms. The standard InChI is InChI=1S/C22H21F2N3O4/c1-11-3-4-13-9-26(8-11)22(31)18-20(29)19(28)15(10-27(13)18)21(30)25-7-14-16(23)5-12(2)6-17(14)24/h3,5-6,10,13,29H,4,7-9H2,1-2H3,(H,25,30)/t13-/m0/s1. The van der Waals surface area contributed by atoms with Crippen LogP contribution in [0.4, 0.5) is 8.78 Å². The number of carbonyl (C=O) groups is 2. The Kier molecular flexibility index (Phi) is 5.12. The Labute approximate surface area is 176 Å². The van der Waals surface area contributed by atoms with E-state index in [4.69, 9.17) is 0 Å². The molecule has 31 heavy (non-hydrogen) atoms. The van der Waals surface area contributed by atoms with Crippen LogP contribution in [0.5, 0.6) is 5.75 Å². The van der Waals surface area contributed by atoms with Gasteiger partial charge in [0, 0.05) is 31.4 Å².